The molecule has 2 aromatic heterocycles. The molecule has 2 aliphatic heterocycles. The van der Waals surface area contributed by atoms with E-state index in [-0.39, 0.29) is 17.4 Å². The Morgan fingerprint density at radius 3 is 2.92 bits per heavy atom. The first-order valence-electron chi connectivity index (χ1n) is 12.5. The van der Waals surface area contributed by atoms with Gasteiger partial charge in [0.25, 0.3) is 5.91 Å². The molecule has 1 spiro atoms. The summed E-state index contributed by atoms with van der Waals surface area (Å²) in [5.41, 5.74) is 4.29. The molecule has 1 aliphatic carbocycles. The number of anilines is 2. The zero-order valence-electron chi connectivity index (χ0n) is 20.6. The topological polar surface area (TPSA) is 107 Å². The molecule has 3 aromatic rings. The van der Waals surface area contributed by atoms with Gasteiger partial charge < -0.3 is 34.6 Å². The van der Waals surface area contributed by atoms with Gasteiger partial charge in [0.15, 0.2) is 5.75 Å². The van der Waals surface area contributed by atoms with Crippen molar-refractivity contribution in [3.8, 4) is 22.8 Å². The van der Waals surface area contributed by atoms with E-state index >= 15 is 0 Å². The number of benzene rings is 1. The van der Waals surface area contributed by atoms with Crippen LogP contribution in [0.4, 0.5) is 11.4 Å². The van der Waals surface area contributed by atoms with Crippen LogP contribution in [0.15, 0.2) is 36.7 Å². The van der Waals surface area contributed by atoms with Crippen LogP contribution >= 0.6 is 11.6 Å². The molecular formula is C27H29ClN4O5. The molecule has 37 heavy (non-hydrogen) atoms. The molecule has 9 nitrogen and oxygen atoms in total. The Labute approximate surface area is 219 Å². The first-order valence-corrected chi connectivity index (χ1v) is 12.9. The summed E-state index contributed by atoms with van der Waals surface area (Å²) < 4.78 is 23.0. The number of carbonyl (C=O) groups excluding carboxylic acids is 1. The van der Waals surface area contributed by atoms with Gasteiger partial charge in [0, 0.05) is 29.4 Å². The fourth-order valence-electron chi connectivity index (χ4n) is 5.37. The van der Waals surface area contributed by atoms with E-state index in [9.17, 15) is 4.79 Å². The molecule has 0 bridgehead atoms. The molecule has 10 heteroatoms. The molecule has 0 radical (unpaired) electrons. The largest absolute Gasteiger partial charge is 0.493 e. The number of aromatic amines is 1. The van der Waals surface area contributed by atoms with Crippen molar-refractivity contribution in [2.24, 2.45) is 0 Å². The highest BCUT2D eigenvalue weighted by Gasteiger charge is 2.47. The van der Waals surface area contributed by atoms with Crippen molar-refractivity contribution >= 4 is 28.9 Å². The molecule has 2 fully saturated rings. The molecule has 6 rings (SSSR count). The minimum atomic E-state index is -0.156. The van der Waals surface area contributed by atoms with Crippen LogP contribution in [0.1, 0.15) is 35.3 Å². The van der Waals surface area contributed by atoms with Crippen LogP contribution in [-0.2, 0) is 14.9 Å². The predicted molar refractivity (Wildman–Crippen MR) is 139 cm³/mol. The maximum Gasteiger partial charge on any atom is 0.255 e. The highest BCUT2D eigenvalue weighted by atomic mass is 35.5. The summed E-state index contributed by atoms with van der Waals surface area (Å²) in [5.74, 6) is 0.961. The Kier molecular flexibility index (Phi) is 6.44. The van der Waals surface area contributed by atoms with Crippen molar-refractivity contribution in [2.75, 3.05) is 45.4 Å². The number of aromatic nitrogens is 2. The SMILES string of the molecule is COc1c(Cl)cccc1Nc1c(-c2ccncc2OC[C@@H]2COCCO2)[nH]c2c1C(=O)NCC21CCC1. The quantitative estimate of drug-likeness (QED) is 0.419. The lowest BCUT2D eigenvalue weighted by atomic mass is 9.64. The van der Waals surface area contributed by atoms with Gasteiger partial charge in [-0.1, -0.05) is 24.1 Å². The van der Waals surface area contributed by atoms with Crippen LogP contribution in [0.2, 0.25) is 5.02 Å². The number of H-pyrrole nitrogens is 1. The van der Waals surface area contributed by atoms with Gasteiger partial charge in [-0.05, 0) is 31.0 Å². The number of ether oxygens (including phenoxy) is 4. The lowest BCUT2D eigenvalue weighted by Gasteiger charge is -2.44. The third kappa shape index (κ3) is 4.31. The van der Waals surface area contributed by atoms with Crippen LogP contribution in [-0.4, -0.2) is 62.1 Å². The first-order chi connectivity index (χ1) is 18.1. The average Bonchev–Trinajstić information content (AvgIpc) is 3.28. The minimum Gasteiger partial charge on any atom is -0.493 e. The van der Waals surface area contributed by atoms with E-state index in [1.165, 1.54) is 0 Å². The second-order valence-electron chi connectivity index (χ2n) is 9.64. The van der Waals surface area contributed by atoms with E-state index in [2.05, 4.69) is 20.6 Å². The Morgan fingerprint density at radius 2 is 2.16 bits per heavy atom. The fourth-order valence-corrected chi connectivity index (χ4v) is 5.63. The molecule has 1 saturated carbocycles. The van der Waals surface area contributed by atoms with Crippen molar-refractivity contribution in [1.82, 2.24) is 15.3 Å². The smallest absolute Gasteiger partial charge is 0.255 e. The number of hydrogen-bond acceptors (Lipinski definition) is 7. The lowest BCUT2D eigenvalue weighted by molar-refractivity contribution is -0.101. The van der Waals surface area contributed by atoms with E-state index in [0.29, 0.717) is 66.4 Å². The van der Waals surface area contributed by atoms with E-state index in [1.54, 1.807) is 25.6 Å². The maximum atomic E-state index is 13.3. The van der Waals surface area contributed by atoms with Crippen molar-refractivity contribution < 1.29 is 23.7 Å². The van der Waals surface area contributed by atoms with Gasteiger partial charge in [0.2, 0.25) is 0 Å². The molecule has 1 saturated heterocycles. The average molecular weight is 525 g/mol. The highest BCUT2D eigenvalue weighted by molar-refractivity contribution is 6.32. The summed E-state index contributed by atoms with van der Waals surface area (Å²) in [7, 11) is 1.57. The van der Waals surface area contributed by atoms with Gasteiger partial charge in [0.05, 0.1) is 60.8 Å². The number of nitrogens with zero attached hydrogens (tertiary/aromatic N) is 1. The van der Waals surface area contributed by atoms with Crippen LogP contribution in [0.25, 0.3) is 11.3 Å². The van der Waals surface area contributed by atoms with Gasteiger partial charge in [-0.2, -0.15) is 0 Å². The van der Waals surface area contributed by atoms with Gasteiger partial charge in [0.1, 0.15) is 18.5 Å². The number of pyridine rings is 1. The number of methoxy groups -OCH3 is 1. The Hall–Kier alpha value is -3.27. The number of fused-ring (bicyclic) bond motifs is 2. The van der Waals surface area contributed by atoms with Crippen LogP contribution in [0.3, 0.4) is 0 Å². The number of rotatable bonds is 7. The number of para-hydroxylation sites is 1. The van der Waals surface area contributed by atoms with E-state index in [1.807, 2.05) is 18.2 Å². The molecule has 1 atom stereocenters. The zero-order valence-corrected chi connectivity index (χ0v) is 21.3. The summed E-state index contributed by atoms with van der Waals surface area (Å²) in [4.78, 5) is 21.2. The Balaban J connectivity index is 1.45. The summed E-state index contributed by atoms with van der Waals surface area (Å²) in [6.45, 7) is 2.57. The summed E-state index contributed by atoms with van der Waals surface area (Å²) >= 11 is 6.41. The van der Waals surface area contributed by atoms with Crippen LogP contribution < -0.4 is 20.1 Å². The number of nitrogens with one attached hydrogen (secondary N) is 3. The second kappa shape index (κ2) is 9.89. The number of amides is 1. The van der Waals surface area contributed by atoms with Crippen molar-refractivity contribution in [3.05, 3.63) is 52.9 Å². The second-order valence-corrected chi connectivity index (χ2v) is 10.0. The Bertz CT molecular complexity index is 1320. The van der Waals surface area contributed by atoms with Crippen molar-refractivity contribution in [2.45, 2.75) is 30.8 Å². The van der Waals surface area contributed by atoms with Crippen molar-refractivity contribution in [1.29, 1.82) is 0 Å². The molecule has 0 unspecified atom stereocenters. The fraction of sp³-hybridized carbons (Fsp3) is 0.407. The van der Waals surface area contributed by atoms with Crippen LogP contribution in [0, 0.1) is 0 Å². The summed E-state index contributed by atoms with van der Waals surface area (Å²) in [6, 6.07) is 7.36. The lowest BCUT2D eigenvalue weighted by Crippen LogP contribution is -2.50. The predicted octanol–water partition coefficient (Wildman–Crippen LogP) is 4.44. The molecule has 194 valence electrons. The third-order valence-corrected chi connectivity index (χ3v) is 7.75. The third-order valence-electron chi connectivity index (χ3n) is 7.45. The normalized spacial score (nSPS) is 20.1. The van der Waals surface area contributed by atoms with Gasteiger partial charge in [-0.25, -0.2) is 0 Å². The molecule has 4 heterocycles. The van der Waals surface area contributed by atoms with E-state index in [4.69, 9.17) is 30.5 Å². The molecular weight excluding hydrogens is 496 g/mol. The Morgan fingerprint density at radius 1 is 1.27 bits per heavy atom. The molecule has 3 N–H and O–H groups in total. The molecule has 1 amide bonds. The molecule has 1 aromatic carbocycles. The van der Waals surface area contributed by atoms with E-state index in [0.717, 1.165) is 36.2 Å². The first kappa shape index (κ1) is 24.1. The standard InChI is InChI=1S/C27H29ClN4O5/c1-34-24-18(28)4-2-5-19(24)31-23-21-25(27(7-3-8-27)15-30-26(21)33)32-22(23)17-6-9-29-12-20(17)37-14-16-13-35-10-11-36-16/h2,4-6,9,12,16,31-32H,3,7-8,10-11,13-15H2,1H3,(H,30,33)/t16-/m0/s1. The maximum absolute atomic E-state index is 13.3. The molecule has 3 aliphatic rings. The number of hydrogen-bond donors (Lipinski definition) is 3. The van der Waals surface area contributed by atoms with Crippen molar-refractivity contribution in [3.63, 3.8) is 0 Å². The zero-order chi connectivity index (χ0) is 25.4. The highest BCUT2D eigenvalue weighted by Crippen LogP contribution is 2.51. The van der Waals surface area contributed by atoms with Gasteiger partial charge in [-0.15, -0.1) is 0 Å². The van der Waals surface area contributed by atoms with Crippen LogP contribution in [0.5, 0.6) is 11.5 Å². The summed E-state index contributed by atoms with van der Waals surface area (Å²) in [5, 5.41) is 7.05. The van der Waals surface area contributed by atoms with Gasteiger partial charge >= 0.3 is 0 Å². The monoisotopic (exact) mass is 524 g/mol. The minimum absolute atomic E-state index is 0.0995. The number of carbonyl (C=O) groups is 1. The van der Waals surface area contributed by atoms with E-state index < -0.39 is 0 Å². The number of halogens is 1. The van der Waals surface area contributed by atoms with Gasteiger partial charge in [-0.3, -0.25) is 9.78 Å². The summed E-state index contributed by atoms with van der Waals surface area (Å²) in [6.07, 6.45) is 6.39.